The van der Waals surface area contributed by atoms with Crippen LogP contribution in [0.4, 0.5) is 0 Å². The topological polar surface area (TPSA) is 59.2 Å². The number of carbonyl (C=O) groups is 1. The summed E-state index contributed by atoms with van der Waals surface area (Å²) < 4.78 is 0. The van der Waals surface area contributed by atoms with Crippen LogP contribution in [0.2, 0.25) is 0 Å². The van der Waals surface area contributed by atoms with Gasteiger partial charge in [-0.1, -0.05) is 13.0 Å². The predicted molar refractivity (Wildman–Crippen MR) is 63.7 cm³/mol. The predicted octanol–water partition coefficient (Wildman–Crippen LogP) is 0.943. The van der Waals surface area contributed by atoms with E-state index in [1.807, 2.05) is 32.0 Å². The van der Waals surface area contributed by atoms with Crippen LogP contribution in [-0.2, 0) is 11.3 Å². The fourth-order valence-electron chi connectivity index (χ4n) is 1.49. The van der Waals surface area contributed by atoms with Crippen molar-refractivity contribution >= 4 is 5.91 Å². The third kappa shape index (κ3) is 3.31. The van der Waals surface area contributed by atoms with Crippen molar-refractivity contribution in [3.63, 3.8) is 0 Å². The molecular formula is C12H19N3O. The molecule has 1 aromatic heterocycles. The zero-order valence-corrected chi connectivity index (χ0v) is 10.1. The minimum absolute atomic E-state index is 0.0609. The summed E-state index contributed by atoms with van der Waals surface area (Å²) in [7, 11) is 1.78. The number of rotatable bonds is 4. The molecule has 2 N–H and O–H groups in total. The highest BCUT2D eigenvalue weighted by molar-refractivity contribution is 5.78. The Morgan fingerprint density at radius 2 is 2.25 bits per heavy atom. The molecule has 0 saturated heterocycles. The minimum Gasteiger partial charge on any atom is -0.340 e. The Morgan fingerprint density at radius 3 is 2.81 bits per heavy atom. The van der Waals surface area contributed by atoms with Crippen molar-refractivity contribution in [3.05, 3.63) is 29.6 Å². The molecule has 0 aliphatic rings. The number of hydrogen-bond acceptors (Lipinski definition) is 3. The van der Waals surface area contributed by atoms with E-state index in [4.69, 9.17) is 5.73 Å². The Hall–Kier alpha value is -1.42. The van der Waals surface area contributed by atoms with Gasteiger partial charge in [0.15, 0.2) is 0 Å². The lowest BCUT2D eigenvalue weighted by Crippen LogP contribution is -2.34. The van der Waals surface area contributed by atoms with Gasteiger partial charge in [-0.05, 0) is 19.1 Å². The Kier molecular flexibility index (Phi) is 4.43. The summed E-state index contributed by atoms with van der Waals surface area (Å²) in [4.78, 5) is 17.8. The zero-order valence-electron chi connectivity index (χ0n) is 10.1. The summed E-state index contributed by atoms with van der Waals surface area (Å²) in [5.41, 5.74) is 7.33. The fourth-order valence-corrected chi connectivity index (χ4v) is 1.49. The number of nitrogens with zero attached hydrogens (tertiary/aromatic N) is 2. The van der Waals surface area contributed by atoms with Gasteiger partial charge in [-0.25, -0.2) is 0 Å². The molecule has 4 nitrogen and oxygen atoms in total. The Bertz CT molecular complexity index is 365. The Labute approximate surface area is 96.5 Å². The van der Waals surface area contributed by atoms with Crippen LogP contribution < -0.4 is 5.73 Å². The van der Waals surface area contributed by atoms with Gasteiger partial charge in [0.1, 0.15) is 0 Å². The van der Waals surface area contributed by atoms with Gasteiger partial charge in [-0.15, -0.1) is 0 Å². The van der Waals surface area contributed by atoms with Gasteiger partial charge in [0, 0.05) is 25.2 Å². The second-order valence-corrected chi connectivity index (χ2v) is 4.10. The van der Waals surface area contributed by atoms with Crippen molar-refractivity contribution in [1.82, 2.24) is 9.88 Å². The van der Waals surface area contributed by atoms with Gasteiger partial charge in [0.25, 0.3) is 0 Å². The molecule has 0 aliphatic carbocycles. The van der Waals surface area contributed by atoms with Crippen molar-refractivity contribution in [2.24, 2.45) is 11.7 Å². The fraction of sp³-hybridized carbons (Fsp3) is 0.500. The molecule has 1 heterocycles. The molecule has 0 aliphatic heterocycles. The lowest BCUT2D eigenvalue weighted by Gasteiger charge is -2.20. The van der Waals surface area contributed by atoms with Crippen LogP contribution in [0.5, 0.6) is 0 Å². The van der Waals surface area contributed by atoms with Gasteiger partial charge in [0.05, 0.1) is 12.2 Å². The number of amides is 1. The maximum absolute atomic E-state index is 11.8. The standard InChI is InChI=1S/C12H19N3O/c1-9(7-13)12(16)15(3)8-11-6-4-5-10(2)14-11/h4-6,9H,7-8,13H2,1-3H3. The first-order chi connectivity index (χ1) is 7.54. The van der Waals surface area contributed by atoms with Crippen LogP contribution in [0, 0.1) is 12.8 Å². The normalized spacial score (nSPS) is 12.2. The van der Waals surface area contributed by atoms with E-state index in [9.17, 15) is 4.79 Å². The first kappa shape index (κ1) is 12.6. The summed E-state index contributed by atoms with van der Waals surface area (Å²) in [6, 6.07) is 5.81. The molecule has 1 aromatic rings. The van der Waals surface area contributed by atoms with E-state index in [1.165, 1.54) is 0 Å². The monoisotopic (exact) mass is 221 g/mol. The smallest absolute Gasteiger partial charge is 0.226 e. The molecule has 1 amide bonds. The first-order valence-corrected chi connectivity index (χ1v) is 5.42. The molecule has 16 heavy (non-hydrogen) atoms. The highest BCUT2D eigenvalue weighted by Crippen LogP contribution is 2.05. The number of carbonyl (C=O) groups excluding carboxylic acids is 1. The van der Waals surface area contributed by atoms with E-state index < -0.39 is 0 Å². The van der Waals surface area contributed by atoms with E-state index in [-0.39, 0.29) is 11.8 Å². The number of nitrogens with two attached hydrogens (primary N) is 1. The van der Waals surface area contributed by atoms with Gasteiger partial charge in [0.2, 0.25) is 5.91 Å². The first-order valence-electron chi connectivity index (χ1n) is 5.42. The number of aromatic nitrogens is 1. The van der Waals surface area contributed by atoms with Crippen LogP contribution in [0.25, 0.3) is 0 Å². The summed E-state index contributed by atoms with van der Waals surface area (Å²) >= 11 is 0. The van der Waals surface area contributed by atoms with Crippen molar-refractivity contribution in [2.75, 3.05) is 13.6 Å². The van der Waals surface area contributed by atoms with Crippen LogP contribution in [0.15, 0.2) is 18.2 Å². The van der Waals surface area contributed by atoms with E-state index in [0.717, 1.165) is 11.4 Å². The van der Waals surface area contributed by atoms with Gasteiger partial charge in [-0.2, -0.15) is 0 Å². The maximum atomic E-state index is 11.8. The molecule has 1 rings (SSSR count). The van der Waals surface area contributed by atoms with Gasteiger partial charge in [-0.3, -0.25) is 9.78 Å². The molecule has 0 saturated carbocycles. The quantitative estimate of drug-likeness (QED) is 0.823. The lowest BCUT2D eigenvalue weighted by molar-refractivity contribution is -0.133. The lowest BCUT2D eigenvalue weighted by atomic mass is 10.1. The van der Waals surface area contributed by atoms with Crippen LogP contribution in [-0.4, -0.2) is 29.4 Å². The molecule has 0 bridgehead atoms. The molecule has 0 radical (unpaired) electrons. The molecule has 1 atom stereocenters. The van der Waals surface area contributed by atoms with Crippen LogP contribution in [0.1, 0.15) is 18.3 Å². The molecular weight excluding hydrogens is 202 g/mol. The summed E-state index contributed by atoms with van der Waals surface area (Å²) in [6.45, 7) is 4.69. The summed E-state index contributed by atoms with van der Waals surface area (Å²) in [5.74, 6) is -0.0689. The second kappa shape index (κ2) is 5.61. The second-order valence-electron chi connectivity index (χ2n) is 4.10. The third-order valence-electron chi connectivity index (χ3n) is 2.50. The summed E-state index contributed by atoms with van der Waals surface area (Å²) in [5, 5.41) is 0. The largest absolute Gasteiger partial charge is 0.340 e. The van der Waals surface area contributed by atoms with Gasteiger partial charge < -0.3 is 10.6 Å². The minimum atomic E-state index is -0.130. The van der Waals surface area contributed by atoms with E-state index in [1.54, 1.807) is 11.9 Å². The molecule has 1 unspecified atom stereocenters. The third-order valence-corrected chi connectivity index (χ3v) is 2.50. The van der Waals surface area contributed by atoms with Gasteiger partial charge >= 0.3 is 0 Å². The van der Waals surface area contributed by atoms with Crippen molar-refractivity contribution < 1.29 is 4.79 Å². The number of hydrogen-bond donors (Lipinski definition) is 1. The molecule has 0 spiro atoms. The average Bonchev–Trinajstić information content (AvgIpc) is 2.27. The van der Waals surface area contributed by atoms with E-state index >= 15 is 0 Å². The highest BCUT2D eigenvalue weighted by Gasteiger charge is 2.16. The molecule has 88 valence electrons. The zero-order chi connectivity index (χ0) is 12.1. The Balaban J connectivity index is 2.64. The average molecular weight is 221 g/mol. The highest BCUT2D eigenvalue weighted by atomic mass is 16.2. The summed E-state index contributed by atoms with van der Waals surface area (Å²) in [6.07, 6.45) is 0. The van der Waals surface area contributed by atoms with Crippen molar-refractivity contribution in [1.29, 1.82) is 0 Å². The van der Waals surface area contributed by atoms with Crippen molar-refractivity contribution in [2.45, 2.75) is 20.4 Å². The van der Waals surface area contributed by atoms with Crippen LogP contribution in [0.3, 0.4) is 0 Å². The van der Waals surface area contributed by atoms with E-state index in [0.29, 0.717) is 13.1 Å². The van der Waals surface area contributed by atoms with E-state index in [2.05, 4.69) is 4.98 Å². The van der Waals surface area contributed by atoms with Crippen molar-refractivity contribution in [3.8, 4) is 0 Å². The maximum Gasteiger partial charge on any atom is 0.226 e. The molecule has 4 heteroatoms. The SMILES string of the molecule is Cc1cccc(CN(C)C(=O)C(C)CN)n1. The number of aryl methyl sites for hydroxylation is 1. The molecule has 0 fully saturated rings. The van der Waals surface area contributed by atoms with Crippen LogP contribution >= 0.6 is 0 Å². The molecule has 0 aromatic carbocycles. The number of pyridine rings is 1. The Morgan fingerprint density at radius 1 is 1.56 bits per heavy atom.